The number of rotatable bonds is 59. The van der Waals surface area contributed by atoms with E-state index in [0.29, 0.717) is 11.4 Å². The van der Waals surface area contributed by atoms with Crippen molar-refractivity contribution in [1.82, 2.24) is 51.8 Å². The highest BCUT2D eigenvalue weighted by atomic mass is 32.1. The number of H-pyrrole nitrogens is 1. The van der Waals surface area contributed by atoms with Crippen LogP contribution >= 0.6 is 12.6 Å². The number of amides is 6. The van der Waals surface area contributed by atoms with E-state index in [0.717, 1.165) is 0 Å². The van der Waals surface area contributed by atoms with Crippen LogP contribution in [0.4, 0.5) is 11.6 Å². The molecule has 29 N–H and O–H groups in total. The fourth-order valence-corrected chi connectivity index (χ4v) is 11.6. The number of hydrogen-bond donors (Lipinski definition) is 29. The van der Waals surface area contributed by atoms with Crippen LogP contribution in [0.25, 0.3) is 11.2 Å². The Labute approximate surface area is 664 Å². The number of aliphatic hydroxyl groups excluding tert-OH is 15. The molecule has 3 aromatic rings. The molecular weight excluding hydrogens is 1570 g/mol. The van der Waals surface area contributed by atoms with Crippen LogP contribution in [0, 0.1) is 23.7 Å². The number of nitrogen functional groups attached to an aromatic ring is 1. The van der Waals surface area contributed by atoms with Crippen LogP contribution < -0.4 is 48.5 Å². The Morgan fingerprint density at radius 2 is 0.836 bits per heavy atom. The molecule has 2 aromatic heterocycles. The van der Waals surface area contributed by atoms with Crippen LogP contribution in [0.2, 0.25) is 0 Å². The van der Waals surface area contributed by atoms with Gasteiger partial charge in [0.1, 0.15) is 84.4 Å². The number of nitrogens with zero attached hydrogens (tertiary/aromatic N) is 3. The van der Waals surface area contributed by atoms with Crippen molar-refractivity contribution in [2.45, 2.75) is 201 Å². The van der Waals surface area contributed by atoms with Gasteiger partial charge in [-0.25, -0.2) is 19.6 Å². The molecule has 19 atom stereocenters. The Kier molecular flexibility index (Phi) is 43.8. The standard InChI is InChI=1S/C69H102N12O34S/c70-69-80-62-55(66(111)81-69)76-36(22-75-62)21-71-35-7-1-30(2-8-35)63(108)78-39(67(112)113)10-9-37(85)17-31(3-12-50(95)72-23-44(89)56(102)59(105)47(92)26-82)41(86)18-32(6-15-53(98)99)42(87)19-33(4-13-51(96)73-24-45(90)57(103)60(106)48(93)27-83)64(109)77-38(11-16-54(100)101)43(88)20-34(65(110)79-40(29-116)68(114)115)5-14-52(97)74-25-46(91)58(104)61(107)49(94)28-84/h1-2,7-8,22,31-34,38-40,44-49,56-61,71,82-84,89-94,102-107,116H,3-6,9-21,23-29H2,(H,72,95)(H,73,96)(H,74,97)(H,77,109)(H,78,108)(H,79,110)(H,98,99)(H,100,101)(H,112,113)(H,114,115)(H3,70,75,80,81,111)/t31-,32+,33-,34-,38-,39-,40-,44+,45+,46+,47-,48-,49-,56-,57-,58-,59-,60-,61-/m1/s1. The summed E-state index contributed by atoms with van der Waals surface area (Å²) in [4.78, 5) is 215. The fourth-order valence-electron chi connectivity index (χ4n) is 11.3. The first-order valence-corrected chi connectivity index (χ1v) is 36.9. The average molecular weight is 1680 g/mol. The zero-order valence-corrected chi connectivity index (χ0v) is 63.2. The van der Waals surface area contributed by atoms with Crippen molar-refractivity contribution in [2.75, 3.05) is 56.3 Å². The molecule has 0 fully saturated rings. The van der Waals surface area contributed by atoms with Crippen LogP contribution in [-0.2, 0) is 68.9 Å². The first-order chi connectivity index (χ1) is 54.5. The van der Waals surface area contributed by atoms with Gasteiger partial charge in [0.25, 0.3) is 11.5 Å². The number of benzene rings is 1. The summed E-state index contributed by atoms with van der Waals surface area (Å²) in [5, 5.41) is 205. The molecule has 46 nitrogen and oxygen atoms in total. The van der Waals surface area contributed by atoms with Gasteiger partial charge < -0.3 is 140 Å². The van der Waals surface area contributed by atoms with Gasteiger partial charge in [0, 0.05) is 125 Å². The molecule has 0 bridgehead atoms. The van der Waals surface area contributed by atoms with E-state index >= 15 is 0 Å². The molecule has 3 rings (SSSR count). The summed E-state index contributed by atoms with van der Waals surface area (Å²) in [7, 11) is 0. The third-order valence-corrected chi connectivity index (χ3v) is 18.8. The molecule has 2 heterocycles. The van der Waals surface area contributed by atoms with Crippen molar-refractivity contribution >= 4 is 118 Å². The van der Waals surface area contributed by atoms with Gasteiger partial charge >= 0.3 is 23.9 Å². The van der Waals surface area contributed by atoms with E-state index in [9.17, 15) is 164 Å². The number of hydrogen-bond acceptors (Lipinski definition) is 36. The second kappa shape index (κ2) is 50.6. The molecule has 0 aliphatic heterocycles. The maximum atomic E-state index is 14.8. The van der Waals surface area contributed by atoms with E-state index in [4.69, 9.17) is 10.8 Å². The summed E-state index contributed by atoms with van der Waals surface area (Å²) in [5.74, 6) is -25.4. The summed E-state index contributed by atoms with van der Waals surface area (Å²) in [6, 6.07) is -0.0718. The Morgan fingerprint density at radius 3 is 1.27 bits per heavy atom. The molecule has 47 heteroatoms. The summed E-state index contributed by atoms with van der Waals surface area (Å²) in [6.07, 6.45) is -36.9. The number of anilines is 2. The number of aromatic nitrogens is 4. The number of aliphatic hydroxyl groups is 15. The molecule has 0 unspecified atom stereocenters. The second-order valence-corrected chi connectivity index (χ2v) is 27.7. The normalized spacial score (nSPS) is 16.4. The Morgan fingerprint density at radius 1 is 0.448 bits per heavy atom. The largest absolute Gasteiger partial charge is 0.481 e. The Hall–Kier alpha value is -9.83. The van der Waals surface area contributed by atoms with Crippen molar-refractivity contribution < 1.29 is 164 Å². The van der Waals surface area contributed by atoms with Gasteiger partial charge in [-0.15, -0.1) is 0 Å². The number of carbonyl (C=O) groups is 14. The summed E-state index contributed by atoms with van der Waals surface area (Å²) < 4.78 is 0. The van der Waals surface area contributed by atoms with Crippen molar-refractivity contribution in [1.29, 1.82) is 0 Å². The first kappa shape index (κ1) is 100. The lowest BCUT2D eigenvalue weighted by Crippen LogP contribution is -2.50. The lowest BCUT2D eigenvalue weighted by atomic mass is 9.81. The SMILES string of the molecule is Nc1nc2ncc(CNc3ccc(C(=O)N[C@H](CCC(=O)C[C@@H](CCC(=O)NC[C@H](O)[C@@H](O)[C@H](O)[C@H](O)CO)C(=O)C[C@H](CCC(=O)O)C(=O)C[C@@H](CCC(=O)NC[C@H](O)[C@@H](O)[C@H](O)[C@H](O)CO)C(=O)N[C@H](CCC(=O)O)C(=O)C[C@@H](CCC(=O)NC[C@H](O)[C@@H](O)[C@H](O)[C@H](O)CO)C(=O)N[C@H](CS)C(=O)O)C(=O)O)cc3)nc2c(=O)[nH]1. The molecule has 0 radical (unpaired) electrons. The van der Waals surface area contributed by atoms with E-state index in [-0.39, 0.29) is 29.2 Å². The zero-order chi connectivity index (χ0) is 87.4. The minimum atomic E-state index is -2.21. The van der Waals surface area contributed by atoms with Crippen LogP contribution in [0.5, 0.6) is 0 Å². The van der Waals surface area contributed by atoms with Gasteiger partial charge in [0.15, 0.2) is 16.9 Å². The van der Waals surface area contributed by atoms with Crippen molar-refractivity contribution in [3.63, 3.8) is 0 Å². The molecule has 6 amide bonds. The minimum absolute atomic E-state index is 0.00863. The third kappa shape index (κ3) is 34.5. The van der Waals surface area contributed by atoms with Gasteiger partial charge in [-0.3, -0.25) is 67.3 Å². The maximum Gasteiger partial charge on any atom is 0.327 e. The number of carboxylic acid groups (broad SMARTS) is 4. The van der Waals surface area contributed by atoms with Crippen molar-refractivity contribution in [3.05, 3.63) is 52.1 Å². The molecular formula is C69H102N12O34S. The lowest BCUT2D eigenvalue weighted by Gasteiger charge is -2.26. The Bertz CT molecular complexity index is 3860. The first-order valence-electron chi connectivity index (χ1n) is 36.2. The van der Waals surface area contributed by atoms with E-state index in [1.165, 1.54) is 30.5 Å². The molecule has 1 aromatic carbocycles. The van der Waals surface area contributed by atoms with E-state index < -0.39 is 351 Å². The molecule has 0 aliphatic rings. The van der Waals surface area contributed by atoms with E-state index in [1.54, 1.807) is 0 Å². The summed E-state index contributed by atoms with van der Waals surface area (Å²) in [5.41, 5.74) is 5.45. The quantitative estimate of drug-likeness (QED) is 0.0233. The lowest BCUT2D eigenvalue weighted by molar-refractivity contribution is -0.142. The topological polar surface area (TPSA) is 805 Å². The van der Waals surface area contributed by atoms with Crippen LogP contribution in [-0.4, -0.2) is 336 Å². The number of carbonyl (C=O) groups excluding carboxylic acids is 10. The van der Waals surface area contributed by atoms with Crippen molar-refractivity contribution in [3.8, 4) is 0 Å². The predicted molar refractivity (Wildman–Crippen MR) is 396 cm³/mol. The highest BCUT2D eigenvalue weighted by Gasteiger charge is 2.38. The minimum Gasteiger partial charge on any atom is -0.481 e. The average Bonchev–Trinajstić information content (AvgIpc) is 0.810. The van der Waals surface area contributed by atoms with Gasteiger partial charge in [-0.2, -0.15) is 17.6 Å². The number of aliphatic carboxylic acids is 4. The van der Waals surface area contributed by atoms with E-state index in [1.807, 2.05) is 0 Å². The number of nitrogens with one attached hydrogen (secondary N) is 8. The maximum absolute atomic E-state index is 14.8. The fraction of sp³-hybridized carbons (Fsp3) is 0.623. The van der Waals surface area contributed by atoms with E-state index in [2.05, 4.69) is 69.8 Å². The van der Waals surface area contributed by atoms with Gasteiger partial charge in [0.05, 0.1) is 62.6 Å². The zero-order valence-electron chi connectivity index (χ0n) is 62.3. The number of thiol groups is 1. The molecule has 0 aliphatic carbocycles. The number of ketones is 4. The number of fused-ring (bicyclic) bond motifs is 1. The van der Waals surface area contributed by atoms with Crippen molar-refractivity contribution in [2.24, 2.45) is 23.7 Å². The highest BCUT2D eigenvalue weighted by Crippen LogP contribution is 2.27. The third-order valence-electron chi connectivity index (χ3n) is 18.4. The van der Waals surface area contributed by atoms with Gasteiger partial charge in [0.2, 0.25) is 35.5 Å². The van der Waals surface area contributed by atoms with Gasteiger partial charge in [-0.1, -0.05) is 0 Å². The molecule has 0 spiro atoms. The predicted octanol–water partition coefficient (Wildman–Crippen LogP) is -10.1. The molecule has 0 saturated carbocycles. The highest BCUT2D eigenvalue weighted by molar-refractivity contribution is 7.80. The summed E-state index contributed by atoms with van der Waals surface area (Å²) in [6.45, 7) is -5.78. The number of carboxylic acids is 4. The smallest absolute Gasteiger partial charge is 0.327 e. The van der Waals surface area contributed by atoms with Crippen LogP contribution in [0.1, 0.15) is 119 Å². The van der Waals surface area contributed by atoms with Gasteiger partial charge in [-0.05, 0) is 62.8 Å². The van der Waals surface area contributed by atoms with Crippen LogP contribution in [0.15, 0.2) is 35.3 Å². The summed E-state index contributed by atoms with van der Waals surface area (Å²) >= 11 is 3.90. The van der Waals surface area contributed by atoms with Crippen LogP contribution in [0.3, 0.4) is 0 Å². The number of aromatic amines is 1. The molecule has 648 valence electrons. The molecule has 0 saturated heterocycles. The monoisotopic (exact) mass is 1670 g/mol. The number of Topliss-reactive ketones (excluding diaryl/α,β-unsaturated/α-hetero) is 4. The Balaban J connectivity index is 2.05. The second-order valence-electron chi connectivity index (χ2n) is 27.3. The number of nitrogens with two attached hydrogens (primary N) is 1. The molecule has 116 heavy (non-hydrogen) atoms.